The Kier molecular flexibility index (Phi) is 5.37. The van der Waals surface area contributed by atoms with E-state index in [-0.39, 0.29) is 11.5 Å². The standard InChI is InChI=1S/C24H20N4O3/c1-3-12-31-24(30)16-8-10-17(11-9-16)26-14-19-15(2)18(13-25)22-27-20-6-4-5-7-21(20)28(22)23(19)29/h4-11,14,26H,3,12H2,1-2H3. The number of hydrogen-bond acceptors (Lipinski definition) is 6. The van der Waals surface area contributed by atoms with Crippen molar-refractivity contribution in [2.75, 3.05) is 11.9 Å². The third kappa shape index (κ3) is 3.60. The van der Waals surface area contributed by atoms with Gasteiger partial charge in [-0.15, -0.1) is 0 Å². The monoisotopic (exact) mass is 412 g/mol. The molecule has 0 saturated carbocycles. The molecule has 2 aromatic heterocycles. The molecule has 0 spiro atoms. The zero-order chi connectivity index (χ0) is 22.0. The summed E-state index contributed by atoms with van der Waals surface area (Å²) in [7, 11) is 0. The van der Waals surface area contributed by atoms with Crippen LogP contribution in [0.4, 0.5) is 5.69 Å². The lowest BCUT2D eigenvalue weighted by Gasteiger charge is -2.06. The Labute approximate surface area is 178 Å². The van der Waals surface area contributed by atoms with Gasteiger partial charge in [0.2, 0.25) is 0 Å². The van der Waals surface area contributed by atoms with Crippen molar-refractivity contribution < 1.29 is 9.53 Å². The molecule has 0 radical (unpaired) electrons. The van der Waals surface area contributed by atoms with Gasteiger partial charge in [-0.3, -0.25) is 9.20 Å². The number of ether oxygens (including phenoxy) is 1. The van der Waals surface area contributed by atoms with Gasteiger partial charge < -0.3 is 10.1 Å². The molecule has 0 bridgehead atoms. The summed E-state index contributed by atoms with van der Waals surface area (Å²) >= 11 is 0. The van der Waals surface area contributed by atoms with Gasteiger partial charge in [0.15, 0.2) is 5.65 Å². The summed E-state index contributed by atoms with van der Waals surface area (Å²) in [5, 5.41) is 13.2. The van der Waals surface area contributed by atoms with E-state index in [1.165, 1.54) is 4.40 Å². The van der Waals surface area contributed by atoms with Gasteiger partial charge in [0.25, 0.3) is 5.56 Å². The predicted molar refractivity (Wildman–Crippen MR) is 119 cm³/mol. The van der Waals surface area contributed by atoms with Crippen LogP contribution >= 0.6 is 0 Å². The van der Waals surface area contributed by atoms with Gasteiger partial charge >= 0.3 is 5.97 Å². The van der Waals surface area contributed by atoms with E-state index < -0.39 is 0 Å². The van der Waals surface area contributed by atoms with Crippen molar-refractivity contribution in [1.29, 1.82) is 5.26 Å². The van der Waals surface area contributed by atoms with E-state index in [9.17, 15) is 14.9 Å². The number of aromatic nitrogens is 2. The molecule has 7 nitrogen and oxygen atoms in total. The van der Waals surface area contributed by atoms with Gasteiger partial charge in [0.05, 0.1) is 34.0 Å². The van der Waals surface area contributed by atoms with E-state index in [4.69, 9.17) is 4.74 Å². The molecule has 31 heavy (non-hydrogen) atoms. The van der Waals surface area contributed by atoms with E-state index in [1.807, 2.05) is 25.1 Å². The van der Waals surface area contributed by atoms with E-state index >= 15 is 0 Å². The number of pyridine rings is 1. The number of anilines is 1. The summed E-state index contributed by atoms with van der Waals surface area (Å²) < 4.78 is 6.60. The predicted octanol–water partition coefficient (Wildman–Crippen LogP) is 3.16. The zero-order valence-corrected chi connectivity index (χ0v) is 17.2. The first-order chi connectivity index (χ1) is 15.0. The van der Waals surface area contributed by atoms with Crippen molar-refractivity contribution in [2.45, 2.75) is 20.3 Å². The Balaban J connectivity index is 1.76. The van der Waals surface area contributed by atoms with E-state index in [0.29, 0.717) is 50.9 Å². The number of para-hydroxylation sites is 2. The lowest BCUT2D eigenvalue weighted by atomic mass is 10.1. The summed E-state index contributed by atoms with van der Waals surface area (Å²) in [6.45, 7) is 4.05. The molecule has 0 aliphatic heterocycles. The highest BCUT2D eigenvalue weighted by Crippen LogP contribution is 2.17. The van der Waals surface area contributed by atoms with Crippen molar-refractivity contribution in [3.63, 3.8) is 0 Å². The average Bonchev–Trinajstić information content (AvgIpc) is 3.17. The lowest BCUT2D eigenvalue weighted by Crippen LogP contribution is -2.34. The van der Waals surface area contributed by atoms with E-state index in [1.54, 1.807) is 43.5 Å². The summed E-state index contributed by atoms with van der Waals surface area (Å²) in [5.74, 6) is -0.369. The van der Waals surface area contributed by atoms with Gasteiger partial charge in [-0.05, 0) is 55.3 Å². The van der Waals surface area contributed by atoms with E-state index in [0.717, 1.165) is 6.42 Å². The first-order valence-corrected chi connectivity index (χ1v) is 9.93. The Morgan fingerprint density at radius 2 is 1.97 bits per heavy atom. The topological polar surface area (TPSA) is 96.5 Å². The van der Waals surface area contributed by atoms with Gasteiger partial charge in [-0.1, -0.05) is 19.1 Å². The maximum Gasteiger partial charge on any atom is 0.338 e. The summed E-state index contributed by atoms with van der Waals surface area (Å²) in [6, 6.07) is 16.3. The molecule has 4 aromatic rings. The molecule has 0 saturated heterocycles. The van der Waals surface area contributed by atoms with Crippen LogP contribution in [0.2, 0.25) is 0 Å². The van der Waals surface area contributed by atoms with Crippen LogP contribution in [0.5, 0.6) is 0 Å². The average molecular weight is 412 g/mol. The number of nitrogens with one attached hydrogen (secondary N) is 1. The molecule has 1 N–H and O–H groups in total. The third-order valence-corrected chi connectivity index (χ3v) is 5.05. The van der Waals surface area contributed by atoms with Gasteiger partial charge in [0.1, 0.15) is 6.07 Å². The molecular weight excluding hydrogens is 392 g/mol. The molecule has 0 fully saturated rings. The highest BCUT2D eigenvalue weighted by molar-refractivity contribution is 5.90. The number of carbonyl (C=O) groups is 1. The Morgan fingerprint density at radius 1 is 1.23 bits per heavy atom. The van der Waals surface area contributed by atoms with Crippen LogP contribution in [0.25, 0.3) is 22.9 Å². The summed E-state index contributed by atoms with van der Waals surface area (Å²) in [4.78, 5) is 29.6. The van der Waals surface area contributed by atoms with Crippen LogP contribution in [0, 0.1) is 18.3 Å². The number of imidazole rings is 1. The number of rotatable bonds is 5. The molecule has 0 aliphatic rings. The van der Waals surface area contributed by atoms with Crippen molar-refractivity contribution in [2.24, 2.45) is 0 Å². The Morgan fingerprint density at radius 3 is 2.68 bits per heavy atom. The van der Waals surface area contributed by atoms with Crippen molar-refractivity contribution in [3.05, 3.63) is 80.8 Å². The minimum atomic E-state index is -0.369. The molecule has 0 unspecified atom stereocenters. The summed E-state index contributed by atoms with van der Waals surface area (Å²) in [6.07, 6.45) is 2.34. The number of fused-ring (bicyclic) bond motifs is 3. The fourth-order valence-electron chi connectivity index (χ4n) is 3.42. The van der Waals surface area contributed by atoms with Crippen LogP contribution in [0.1, 0.15) is 34.8 Å². The number of benzene rings is 2. The Hall–Kier alpha value is -4.18. The van der Waals surface area contributed by atoms with Crippen LogP contribution in [0.3, 0.4) is 0 Å². The summed E-state index contributed by atoms with van der Waals surface area (Å²) in [5.41, 5.74) is 3.48. The lowest BCUT2D eigenvalue weighted by molar-refractivity contribution is 0.0505. The second-order valence-corrected chi connectivity index (χ2v) is 7.09. The van der Waals surface area contributed by atoms with Crippen LogP contribution in [-0.2, 0) is 4.74 Å². The second-order valence-electron chi connectivity index (χ2n) is 7.09. The van der Waals surface area contributed by atoms with Crippen molar-refractivity contribution >= 4 is 34.5 Å². The largest absolute Gasteiger partial charge is 0.462 e. The first kappa shape index (κ1) is 20.1. The highest BCUT2D eigenvalue weighted by Gasteiger charge is 2.16. The van der Waals surface area contributed by atoms with Gasteiger partial charge in [0, 0.05) is 11.9 Å². The number of nitriles is 1. The first-order valence-electron chi connectivity index (χ1n) is 9.93. The minimum absolute atomic E-state index is 0.257. The third-order valence-electron chi connectivity index (χ3n) is 5.05. The molecule has 154 valence electrons. The van der Waals surface area contributed by atoms with Gasteiger partial charge in [-0.25, -0.2) is 9.78 Å². The fraction of sp³-hybridized carbons (Fsp3) is 0.167. The highest BCUT2D eigenvalue weighted by atomic mass is 16.5. The Bertz CT molecular complexity index is 1450. The van der Waals surface area contributed by atoms with Crippen LogP contribution in [0.15, 0.2) is 53.3 Å². The maximum absolute atomic E-state index is 13.2. The number of carbonyl (C=O) groups excluding carboxylic acids is 1. The molecule has 0 amide bonds. The number of hydrogen-bond donors (Lipinski definition) is 1. The van der Waals surface area contributed by atoms with Crippen molar-refractivity contribution in [3.8, 4) is 6.07 Å². The van der Waals surface area contributed by atoms with Crippen LogP contribution < -0.4 is 16.1 Å². The second kappa shape index (κ2) is 8.28. The van der Waals surface area contributed by atoms with Crippen molar-refractivity contribution in [1.82, 2.24) is 9.38 Å². The normalized spacial score (nSPS) is 11.6. The maximum atomic E-state index is 13.2. The molecule has 2 heterocycles. The quantitative estimate of drug-likeness (QED) is 0.506. The van der Waals surface area contributed by atoms with E-state index in [2.05, 4.69) is 16.4 Å². The molecule has 7 heteroatoms. The zero-order valence-electron chi connectivity index (χ0n) is 17.2. The SMILES string of the molecule is CCCOC(=O)c1ccc(NC=c2c(C)c(C#N)c3nc4ccccc4n3c2=O)cc1. The molecule has 0 aliphatic carbocycles. The molecular formula is C24H20N4O3. The molecule has 2 aromatic carbocycles. The minimum Gasteiger partial charge on any atom is -0.462 e. The number of nitrogens with zero attached hydrogens (tertiary/aromatic N) is 3. The van der Waals surface area contributed by atoms with Crippen LogP contribution in [-0.4, -0.2) is 22.0 Å². The van der Waals surface area contributed by atoms with Gasteiger partial charge in [-0.2, -0.15) is 5.26 Å². The smallest absolute Gasteiger partial charge is 0.338 e. The molecule has 0 atom stereocenters. The fourth-order valence-corrected chi connectivity index (χ4v) is 3.42. The molecule has 4 rings (SSSR count). The number of esters is 1.